The first-order chi connectivity index (χ1) is 10.6. The summed E-state index contributed by atoms with van der Waals surface area (Å²) in [5.41, 5.74) is 0.942. The summed E-state index contributed by atoms with van der Waals surface area (Å²) in [6.07, 6.45) is 0.228. The number of hydrogen-bond donors (Lipinski definition) is 0. The van der Waals surface area contributed by atoms with Crippen molar-refractivity contribution in [2.24, 2.45) is 0 Å². The van der Waals surface area contributed by atoms with Gasteiger partial charge in [-0.3, -0.25) is 9.69 Å². The summed E-state index contributed by atoms with van der Waals surface area (Å²) < 4.78 is 10.6. The Labute approximate surface area is 132 Å². The van der Waals surface area contributed by atoms with Crippen molar-refractivity contribution in [3.63, 3.8) is 0 Å². The zero-order valence-electron chi connectivity index (χ0n) is 13.7. The van der Waals surface area contributed by atoms with Gasteiger partial charge in [-0.1, -0.05) is 12.1 Å². The summed E-state index contributed by atoms with van der Waals surface area (Å²) in [5, 5.41) is 0. The number of likely N-dealkylation sites (N-methyl/N-ethyl adjacent to an activating group) is 1. The number of piperazine rings is 1. The van der Waals surface area contributed by atoms with Crippen LogP contribution in [0.25, 0.3) is 0 Å². The lowest BCUT2D eigenvalue weighted by molar-refractivity contribution is -0.148. The number of ether oxygens (including phenoxy) is 2. The lowest BCUT2D eigenvalue weighted by Gasteiger charge is -2.33. The number of carbonyl (C=O) groups is 1. The van der Waals surface area contributed by atoms with E-state index in [-0.39, 0.29) is 12.1 Å². The largest absolute Gasteiger partial charge is 0.497 e. The summed E-state index contributed by atoms with van der Waals surface area (Å²) in [6.45, 7) is 7.00. The Morgan fingerprint density at radius 1 is 1.18 bits per heavy atom. The maximum Gasteiger partial charge on any atom is 0.310 e. The molecule has 122 valence electrons. The van der Waals surface area contributed by atoms with Crippen LogP contribution in [0.4, 0.5) is 0 Å². The van der Waals surface area contributed by atoms with Crippen molar-refractivity contribution in [2.75, 3.05) is 46.9 Å². The quantitative estimate of drug-likeness (QED) is 0.744. The molecule has 2 rings (SSSR count). The fourth-order valence-electron chi connectivity index (χ4n) is 2.61. The van der Waals surface area contributed by atoms with Crippen LogP contribution >= 0.6 is 0 Å². The van der Waals surface area contributed by atoms with Gasteiger partial charge in [-0.05, 0) is 31.7 Å². The molecule has 0 radical (unpaired) electrons. The topological polar surface area (TPSA) is 42.0 Å². The Morgan fingerprint density at radius 3 is 2.41 bits per heavy atom. The molecule has 5 heteroatoms. The Morgan fingerprint density at radius 2 is 1.82 bits per heavy atom. The molecule has 0 aromatic heterocycles. The zero-order chi connectivity index (χ0) is 15.9. The first kappa shape index (κ1) is 16.8. The van der Waals surface area contributed by atoms with Crippen molar-refractivity contribution >= 4 is 5.97 Å². The third-order valence-corrected chi connectivity index (χ3v) is 3.95. The molecule has 1 aliphatic heterocycles. The van der Waals surface area contributed by atoms with Crippen LogP contribution in [0, 0.1) is 0 Å². The second kappa shape index (κ2) is 8.15. The molecule has 1 heterocycles. The molecule has 0 unspecified atom stereocenters. The molecule has 1 aromatic rings. The van der Waals surface area contributed by atoms with Gasteiger partial charge < -0.3 is 14.4 Å². The van der Waals surface area contributed by atoms with Gasteiger partial charge in [0.1, 0.15) is 11.9 Å². The number of benzene rings is 1. The fraction of sp³-hybridized carbons (Fsp3) is 0.588. The number of rotatable bonds is 6. The SMILES string of the molecule is COc1ccc(CC(=O)O[C@@H](C)CN2CCN(C)CC2)cc1. The number of hydrogen-bond acceptors (Lipinski definition) is 5. The number of methoxy groups -OCH3 is 1. The van der Waals surface area contributed by atoms with Gasteiger partial charge in [-0.2, -0.15) is 0 Å². The van der Waals surface area contributed by atoms with E-state index in [2.05, 4.69) is 16.8 Å². The molecule has 5 nitrogen and oxygen atoms in total. The molecule has 1 aromatic carbocycles. The second-order valence-corrected chi connectivity index (χ2v) is 5.93. The number of esters is 1. The summed E-state index contributed by atoms with van der Waals surface area (Å²) in [5.74, 6) is 0.618. The van der Waals surface area contributed by atoms with E-state index in [1.165, 1.54) is 0 Å². The second-order valence-electron chi connectivity index (χ2n) is 5.93. The summed E-state index contributed by atoms with van der Waals surface area (Å²) in [4.78, 5) is 16.7. The van der Waals surface area contributed by atoms with E-state index in [0.29, 0.717) is 6.42 Å². The van der Waals surface area contributed by atoms with Crippen molar-refractivity contribution < 1.29 is 14.3 Å². The molecule has 1 atom stereocenters. The minimum Gasteiger partial charge on any atom is -0.497 e. The summed E-state index contributed by atoms with van der Waals surface area (Å²) >= 11 is 0. The van der Waals surface area contributed by atoms with E-state index in [1.807, 2.05) is 31.2 Å². The van der Waals surface area contributed by atoms with E-state index < -0.39 is 0 Å². The van der Waals surface area contributed by atoms with Crippen molar-refractivity contribution in [3.05, 3.63) is 29.8 Å². The predicted octanol–water partition coefficient (Wildman–Crippen LogP) is 1.42. The van der Waals surface area contributed by atoms with Crippen LogP contribution in [0.15, 0.2) is 24.3 Å². The minimum atomic E-state index is -0.174. The van der Waals surface area contributed by atoms with Crippen molar-refractivity contribution in [3.8, 4) is 5.75 Å². The molecular weight excluding hydrogens is 280 g/mol. The van der Waals surface area contributed by atoms with Gasteiger partial charge in [0.25, 0.3) is 0 Å². The van der Waals surface area contributed by atoms with E-state index in [1.54, 1.807) is 7.11 Å². The monoisotopic (exact) mass is 306 g/mol. The molecule has 1 aliphatic rings. The van der Waals surface area contributed by atoms with E-state index in [4.69, 9.17) is 9.47 Å². The Balaban J connectivity index is 1.73. The first-order valence-corrected chi connectivity index (χ1v) is 7.80. The fourth-order valence-corrected chi connectivity index (χ4v) is 2.61. The average molecular weight is 306 g/mol. The van der Waals surface area contributed by atoms with Crippen LogP contribution < -0.4 is 4.74 Å². The van der Waals surface area contributed by atoms with Crippen LogP contribution in [-0.2, 0) is 16.0 Å². The van der Waals surface area contributed by atoms with E-state index >= 15 is 0 Å². The lowest BCUT2D eigenvalue weighted by Crippen LogP contribution is -2.47. The molecule has 0 aliphatic carbocycles. The maximum absolute atomic E-state index is 12.0. The molecule has 0 amide bonds. The van der Waals surface area contributed by atoms with Gasteiger partial charge in [0.2, 0.25) is 0 Å². The third-order valence-electron chi connectivity index (χ3n) is 3.95. The van der Waals surface area contributed by atoms with Gasteiger partial charge in [-0.15, -0.1) is 0 Å². The zero-order valence-corrected chi connectivity index (χ0v) is 13.7. The average Bonchev–Trinajstić information content (AvgIpc) is 2.50. The van der Waals surface area contributed by atoms with Crippen molar-refractivity contribution in [1.82, 2.24) is 9.80 Å². The summed E-state index contributed by atoms with van der Waals surface area (Å²) in [6, 6.07) is 7.50. The molecule has 0 spiro atoms. The highest BCUT2D eigenvalue weighted by atomic mass is 16.5. The van der Waals surface area contributed by atoms with Gasteiger partial charge in [0, 0.05) is 32.7 Å². The van der Waals surface area contributed by atoms with Gasteiger partial charge in [0.05, 0.1) is 13.5 Å². The molecule has 0 bridgehead atoms. The standard InChI is InChI=1S/C17H26N2O3/c1-14(13-19-10-8-18(2)9-11-19)22-17(20)12-15-4-6-16(21-3)7-5-15/h4-7,14H,8-13H2,1-3H3/t14-/m0/s1. The van der Waals surface area contributed by atoms with Gasteiger partial charge in [-0.25, -0.2) is 0 Å². The highest BCUT2D eigenvalue weighted by Gasteiger charge is 2.18. The Hall–Kier alpha value is -1.59. The molecule has 22 heavy (non-hydrogen) atoms. The predicted molar refractivity (Wildman–Crippen MR) is 86.2 cm³/mol. The van der Waals surface area contributed by atoms with Gasteiger partial charge >= 0.3 is 5.97 Å². The Kier molecular flexibility index (Phi) is 6.21. The molecule has 0 saturated carbocycles. The third kappa shape index (κ3) is 5.31. The summed E-state index contributed by atoms with van der Waals surface area (Å²) in [7, 11) is 3.76. The minimum absolute atomic E-state index is 0.0749. The number of carbonyl (C=O) groups excluding carboxylic acids is 1. The lowest BCUT2D eigenvalue weighted by atomic mass is 10.1. The molecule has 1 saturated heterocycles. The normalized spacial score (nSPS) is 18.0. The van der Waals surface area contributed by atoms with Crippen molar-refractivity contribution in [2.45, 2.75) is 19.4 Å². The smallest absolute Gasteiger partial charge is 0.310 e. The van der Waals surface area contributed by atoms with Crippen LogP contribution in [0.2, 0.25) is 0 Å². The van der Waals surface area contributed by atoms with E-state index in [0.717, 1.165) is 44.0 Å². The van der Waals surface area contributed by atoms with Crippen LogP contribution in [0.3, 0.4) is 0 Å². The van der Waals surface area contributed by atoms with Crippen molar-refractivity contribution in [1.29, 1.82) is 0 Å². The van der Waals surface area contributed by atoms with Crippen LogP contribution in [0.1, 0.15) is 12.5 Å². The molecule has 0 N–H and O–H groups in total. The Bertz CT molecular complexity index is 467. The molecular formula is C17H26N2O3. The first-order valence-electron chi connectivity index (χ1n) is 7.80. The highest BCUT2D eigenvalue weighted by Crippen LogP contribution is 2.12. The van der Waals surface area contributed by atoms with Crippen LogP contribution in [0.5, 0.6) is 5.75 Å². The van der Waals surface area contributed by atoms with Gasteiger partial charge in [0.15, 0.2) is 0 Å². The maximum atomic E-state index is 12.0. The highest BCUT2D eigenvalue weighted by molar-refractivity contribution is 5.72. The van der Waals surface area contributed by atoms with Crippen LogP contribution in [-0.4, -0.2) is 68.8 Å². The number of nitrogens with zero attached hydrogens (tertiary/aromatic N) is 2. The molecule has 1 fully saturated rings. The van der Waals surface area contributed by atoms with E-state index in [9.17, 15) is 4.79 Å².